The summed E-state index contributed by atoms with van der Waals surface area (Å²) in [6.45, 7) is 11.6. The van der Waals surface area contributed by atoms with Crippen molar-refractivity contribution < 1.29 is 18.9 Å². The van der Waals surface area contributed by atoms with E-state index in [-0.39, 0.29) is 24.6 Å². The number of aromatic nitrogens is 1. The van der Waals surface area contributed by atoms with Crippen LogP contribution in [0.15, 0.2) is 59.1 Å². The third-order valence-electron chi connectivity index (χ3n) is 6.29. The molecule has 0 bridgehead atoms. The molecule has 2 N–H and O–H groups in total. The van der Waals surface area contributed by atoms with Crippen molar-refractivity contribution in [2.24, 2.45) is 0 Å². The normalized spacial score (nSPS) is 12.9. The second-order valence-electron chi connectivity index (χ2n) is 10.7. The van der Waals surface area contributed by atoms with E-state index in [1.54, 1.807) is 37.3 Å². The molecule has 208 valence electrons. The van der Waals surface area contributed by atoms with Crippen molar-refractivity contribution in [1.29, 1.82) is 0 Å². The molecule has 0 aliphatic heterocycles. The summed E-state index contributed by atoms with van der Waals surface area (Å²) in [7, 11) is 0. The largest absolute Gasteiger partial charge is 0.360 e. The molecule has 0 unspecified atom stereocenters. The molecule has 0 aliphatic rings. The van der Waals surface area contributed by atoms with Gasteiger partial charge in [0.25, 0.3) is 0 Å². The fourth-order valence-corrected chi connectivity index (χ4v) is 4.38. The summed E-state index contributed by atoms with van der Waals surface area (Å²) in [5.74, 6) is 0.0128. The van der Waals surface area contributed by atoms with Gasteiger partial charge in [0.15, 0.2) is 5.82 Å². The number of nitrogens with zero attached hydrogens (tertiary/aromatic N) is 2. The Kier molecular flexibility index (Phi) is 9.92. The minimum atomic E-state index is -1.05. The van der Waals surface area contributed by atoms with Gasteiger partial charge in [0, 0.05) is 40.7 Å². The molecule has 0 saturated heterocycles. The van der Waals surface area contributed by atoms with E-state index in [0.29, 0.717) is 28.0 Å². The molecule has 2 aromatic carbocycles. The van der Waals surface area contributed by atoms with Crippen molar-refractivity contribution in [2.75, 3.05) is 10.2 Å². The number of nitrogens with one attached hydrogen (secondary N) is 2. The molecular formula is C30H37ClN4O4. The number of hydrogen-bond donors (Lipinski definition) is 2. The maximum Gasteiger partial charge on any atom is 0.248 e. The van der Waals surface area contributed by atoms with Crippen molar-refractivity contribution in [3.05, 3.63) is 76.5 Å². The molecule has 3 rings (SSSR count). The van der Waals surface area contributed by atoms with E-state index < -0.39 is 23.4 Å². The summed E-state index contributed by atoms with van der Waals surface area (Å²) in [5.41, 5.74) is 1.60. The number of amides is 3. The molecule has 9 heteroatoms. The van der Waals surface area contributed by atoms with Gasteiger partial charge in [0.2, 0.25) is 17.7 Å². The van der Waals surface area contributed by atoms with Gasteiger partial charge in [-0.2, -0.15) is 0 Å². The van der Waals surface area contributed by atoms with Gasteiger partial charge in [-0.25, -0.2) is 0 Å². The van der Waals surface area contributed by atoms with E-state index in [2.05, 4.69) is 29.6 Å². The molecular weight excluding hydrogens is 516 g/mol. The lowest BCUT2D eigenvalue weighted by atomic mass is 9.97. The lowest BCUT2D eigenvalue weighted by molar-refractivity contribution is -0.128. The smallest absolute Gasteiger partial charge is 0.248 e. The monoisotopic (exact) mass is 552 g/mol. The quantitative estimate of drug-likeness (QED) is 0.296. The summed E-state index contributed by atoms with van der Waals surface area (Å²) in [4.78, 5) is 41.7. The van der Waals surface area contributed by atoms with Crippen molar-refractivity contribution >= 4 is 40.8 Å². The molecule has 1 heterocycles. The van der Waals surface area contributed by atoms with E-state index >= 15 is 0 Å². The van der Waals surface area contributed by atoms with Crippen molar-refractivity contribution in [2.45, 2.75) is 78.3 Å². The maximum atomic E-state index is 13.9. The second-order valence-corrected chi connectivity index (χ2v) is 11.1. The fourth-order valence-electron chi connectivity index (χ4n) is 4.14. The molecule has 1 aromatic heterocycles. The first-order valence-corrected chi connectivity index (χ1v) is 13.5. The molecule has 39 heavy (non-hydrogen) atoms. The molecule has 3 amide bonds. The zero-order valence-corrected chi connectivity index (χ0v) is 24.1. The van der Waals surface area contributed by atoms with Gasteiger partial charge in [0.05, 0.1) is 0 Å². The van der Waals surface area contributed by atoms with E-state index in [0.717, 1.165) is 12.0 Å². The van der Waals surface area contributed by atoms with Crippen molar-refractivity contribution in [1.82, 2.24) is 10.5 Å². The van der Waals surface area contributed by atoms with E-state index in [9.17, 15) is 14.4 Å². The van der Waals surface area contributed by atoms with E-state index in [4.69, 9.17) is 16.1 Å². The Balaban J connectivity index is 2.00. The summed E-state index contributed by atoms with van der Waals surface area (Å²) in [6, 6.07) is 15.1. The lowest BCUT2D eigenvalue weighted by Gasteiger charge is -2.34. The predicted octanol–water partition coefficient (Wildman–Crippen LogP) is 6.56. The number of benzene rings is 2. The van der Waals surface area contributed by atoms with Crippen LogP contribution in [-0.4, -0.2) is 28.4 Å². The van der Waals surface area contributed by atoms with Crippen LogP contribution < -0.4 is 15.5 Å². The average Bonchev–Trinajstić information content (AvgIpc) is 3.29. The highest BCUT2D eigenvalue weighted by Gasteiger charge is 2.35. The molecule has 0 spiro atoms. The third-order valence-corrected chi connectivity index (χ3v) is 6.63. The van der Waals surface area contributed by atoms with Gasteiger partial charge in [0.1, 0.15) is 11.8 Å². The van der Waals surface area contributed by atoms with Crippen LogP contribution in [0.5, 0.6) is 0 Å². The highest BCUT2D eigenvalue weighted by Crippen LogP contribution is 2.34. The molecule has 0 saturated carbocycles. The van der Waals surface area contributed by atoms with Gasteiger partial charge in [-0.15, -0.1) is 0 Å². The highest BCUT2D eigenvalue weighted by atomic mass is 35.5. The third kappa shape index (κ3) is 8.17. The Labute approximate surface area is 235 Å². The Bertz CT molecular complexity index is 1300. The maximum absolute atomic E-state index is 13.9. The van der Waals surface area contributed by atoms with Crippen LogP contribution in [0.3, 0.4) is 0 Å². The Morgan fingerprint density at radius 2 is 1.72 bits per heavy atom. The number of aryl methyl sites for hydroxylation is 1. The van der Waals surface area contributed by atoms with Crippen LogP contribution in [0.2, 0.25) is 5.02 Å². The SMILES string of the molecule is CC[C@@H](C)c1ccc(N(C(=O)CCC(=O)Nc2cc(C)on2)[C@H](C(=O)NC(C)(C)C)c2ccccc2Cl)cc1. The number of halogens is 1. The van der Waals surface area contributed by atoms with Crippen LogP contribution in [0.1, 0.15) is 82.7 Å². The van der Waals surface area contributed by atoms with Gasteiger partial charge in [-0.05, 0) is 63.8 Å². The van der Waals surface area contributed by atoms with Crippen LogP contribution in [0.4, 0.5) is 11.5 Å². The Hall–Kier alpha value is -3.65. The van der Waals surface area contributed by atoms with Gasteiger partial charge in [-0.3, -0.25) is 19.3 Å². The number of carbonyl (C=O) groups is 3. The first-order chi connectivity index (χ1) is 18.4. The predicted molar refractivity (Wildman–Crippen MR) is 154 cm³/mol. The van der Waals surface area contributed by atoms with Crippen LogP contribution in [0.25, 0.3) is 0 Å². The number of rotatable bonds is 10. The summed E-state index contributed by atoms with van der Waals surface area (Å²) >= 11 is 6.58. The molecule has 2 atom stereocenters. The highest BCUT2D eigenvalue weighted by molar-refractivity contribution is 6.31. The zero-order chi connectivity index (χ0) is 28.7. The van der Waals surface area contributed by atoms with Gasteiger partial charge >= 0.3 is 0 Å². The topological polar surface area (TPSA) is 105 Å². The van der Waals surface area contributed by atoms with E-state index in [1.807, 2.05) is 45.0 Å². The number of anilines is 2. The zero-order valence-electron chi connectivity index (χ0n) is 23.4. The molecule has 0 radical (unpaired) electrons. The standard InChI is InChI=1S/C30H37ClN4O4/c1-7-19(2)21-12-14-22(15-13-21)35(27(37)17-16-26(36)32-25-18-20(3)39-34-25)28(29(38)33-30(4,5)6)23-10-8-9-11-24(23)31/h8-15,18-19,28H,7,16-17H2,1-6H3,(H,33,38)(H,32,34,36)/t19-,28+/m1/s1. The second kappa shape index (κ2) is 12.9. The lowest BCUT2D eigenvalue weighted by Crippen LogP contribution is -2.49. The van der Waals surface area contributed by atoms with Gasteiger partial charge in [-0.1, -0.05) is 60.9 Å². The van der Waals surface area contributed by atoms with Crippen LogP contribution in [-0.2, 0) is 14.4 Å². The Morgan fingerprint density at radius 1 is 1.05 bits per heavy atom. The first kappa shape index (κ1) is 29.9. The van der Waals surface area contributed by atoms with Crippen LogP contribution in [0, 0.1) is 6.92 Å². The van der Waals surface area contributed by atoms with Gasteiger partial charge < -0.3 is 15.2 Å². The number of carbonyl (C=O) groups excluding carboxylic acids is 3. The molecule has 3 aromatic rings. The fraction of sp³-hybridized carbons (Fsp3) is 0.400. The van der Waals surface area contributed by atoms with Crippen molar-refractivity contribution in [3.8, 4) is 0 Å². The molecule has 0 fully saturated rings. The summed E-state index contributed by atoms with van der Waals surface area (Å²) in [5, 5.41) is 9.75. The summed E-state index contributed by atoms with van der Waals surface area (Å²) in [6.07, 6.45) is 0.722. The van der Waals surface area contributed by atoms with Crippen LogP contribution >= 0.6 is 11.6 Å². The minimum Gasteiger partial charge on any atom is -0.360 e. The summed E-state index contributed by atoms with van der Waals surface area (Å²) < 4.78 is 4.98. The molecule has 8 nitrogen and oxygen atoms in total. The van der Waals surface area contributed by atoms with E-state index in [1.165, 1.54) is 4.90 Å². The minimum absolute atomic E-state index is 0.109. The number of hydrogen-bond acceptors (Lipinski definition) is 5. The molecule has 0 aliphatic carbocycles. The average molecular weight is 553 g/mol. The Morgan fingerprint density at radius 3 is 2.28 bits per heavy atom. The van der Waals surface area contributed by atoms with Crippen molar-refractivity contribution in [3.63, 3.8) is 0 Å². The first-order valence-electron chi connectivity index (χ1n) is 13.1.